The molecule has 0 fully saturated rings. The summed E-state index contributed by atoms with van der Waals surface area (Å²) >= 11 is 9.35. The number of halogens is 2. The number of amides is 1. The van der Waals surface area contributed by atoms with Crippen molar-refractivity contribution in [1.29, 1.82) is 0 Å². The van der Waals surface area contributed by atoms with Crippen LogP contribution in [-0.4, -0.2) is 17.9 Å². The van der Waals surface area contributed by atoms with Crippen molar-refractivity contribution in [3.05, 3.63) is 68.7 Å². The molecule has 20 heavy (non-hydrogen) atoms. The number of rotatable bonds is 3. The highest BCUT2D eigenvalue weighted by atomic mass is 79.9. The Kier molecular flexibility index (Phi) is 4.84. The summed E-state index contributed by atoms with van der Waals surface area (Å²) in [5, 5.41) is 0.647. The molecule has 2 aromatic carbocycles. The molecule has 0 bridgehead atoms. The Morgan fingerprint density at radius 1 is 1.25 bits per heavy atom. The summed E-state index contributed by atoms with van der Waals surface area (Å²) in [4.78, 5) is 14.1. The van der Waals surface area contributed by atoms with Crippen LogP contribution in [0.5, 0.6) is 0 Å². The van der Waals surface area contributed by atoms with Crippen molar-refractivity contribution >= 4 is 33.4 Å². The summed E-state index contributed by atoms with van der Waals surface area (Å²) in [6.45, 7) is 2.46. The number of carbonyl (C=O) groups is 1. The molecule has 0 unspecified atom stereocenters. The van der Waals surface area contributed by atoms with Crippen LogP contribution in [0.4, 0.5) is 0 Å². The molecule has 2 rings (SSSR count). The summed E-state index contributed by atoms with van der Waals surface area (Å²) in [6.07, 6.45) is 0. The van der Waals surface area contributed by atoms with Crippen molar-refractivity contribution < 1.29 is 4.79 Å². The summed E-state index contributed by atoms with van der Waals surface area (Å²) in [6, 6.07) is 13.3. The molecule has 0 aliphatic carbocycles. The van der Waals surface area contributed by atoms with E-state index in [4.69, 9.17) is 11.6 Å². The van der Waals surface area contributed by atoms with E-state index in [1.54, 1.807) is 24.1 Å². The number of carbonyl (C=O) groups excluding carboxylic acids is 1. The minimum atomic E-state index is -0.000794. The smallest absolute Gasteiger partial charge is 0.254 e. The van der Waals surface area contributed by atoms with E-state index in [9.17, 15) is 4.79 Å². The Morgan fingerprint density at radius 2 is 2.00 bits per heavy atom. The lowest BCUT2D eigenvalue weighted by molar-refractivity contribution is 0.0784. The Balaban J connectivity index is 2.16. The van der Waals surface area contributed by atoms with E-state index in [0.29, 0.717) is 17.1 Å². The largest absolute Gasteiger partial charge is 0.337 e. The van der Waals surface area contributed by atoms with Gasteiger partial charge < -0.3 is 4.90 Å². The van der Waals surface area contributed by atoms with E-state index in [1.165, 1.54) is 0 Å². The molecule has 4 heteroatoms. The topological polar surface area (TPSA) is 20.3 Å². The van der Waals surface area contributed by atoms with Crippen LogP contribution in [0, 0.1) is 6.92 Å². The molecule has 0 aliphatic heterocycles. The zero-order valence-corrected chi connectivity index (χ0v) is 13.7. The van der Waals surface area contributed by atoms with E-state index in [1.807, 2.05) is 37.3 Å². The first kappa shape index (κ1) is 15.1. The molecule has 0 atom stereocenters. The highest BCUT2D eigenvalue weighted by molar-refractivity contribution is 9.10. The minimum absolute atomic E-state index is 0.000794. The van der Waals surface area contributed by atoms with Crippen LogP contribution in [0.3, 0.4) is 0 Å². The van der Waals surface area contributed by atoms with Gasteiger partial charge in [0.1, 0.15) is 0 Å². The number of benzene rings is 2. The number of aryl methyl sites for hydroxylation is 1. The maximum absolute atomic E-state index is 12.4. The third-order valence-electron chi connectivity index (χ3n) is 3.07. The van der Waals surface area contributed by atoms with E-state index in [0.717, 1.165) is 15.6 Å². The van der Waals surface area contributed by atoms with Gasteiger partial charge in [-0.2, -0.15) is 0 Å². The molecule has 0 spiro atoms. The first-order chi connectivity index (χ1) is 9.47. The number of hydrogen-bond donors (Lipinski definition) is 0. The molecule has 2 aromatic rings. The first-order valence-electron chi connectivity index (χ1n) is 6.23. The SMILES string of the molecule is Cc1cc(Cl)ccc1C(=O)N(C)Cc1cccc(Br)c1. The Hall–Kier alpha value is -1.32. The molecule has 0 radical (unpaired) electrons. The molecule has 1 amide bonds. The predicted octanol–water partition coefficient (Wildman–Crippen LogP) is 4.68. The van der Waals surface area contributed by atoms with Gasteiger partial charge in [-0.15, -0.1) is 0 Å². The third kappa shape index (κ3) is 3.62. The van der Waals surface area contributed by atoms with Crippen molar-refractivity contribution in [3.63, 3.8) is 0 Å². The molecular weight excluding hydrogens is 338 g/mol. The Morgan fingerprint density at radius 3 is 2.65 bits per heavy atom. The van der Waals surface area contributed by atoms with Crippen molar-refractivity contribution in [3.8, 4) is 0 Å². The van der Waals surface area contributed by atoms with Crippen molar-refractivity contribution in [2.45, 2.75) is 13.5 Å². The van der Waals surface area contributed by atoms with Gasteiger partial charge >= 0.3 is 0 Å². The molecule has 0 saturated carbocycles. The molecule has 0 aromatic heterocycles. The molecule has 0 aliphatic rings. The average molecular weight is 353 g/mol. The first-order valence-corrected chi connectivity index (χ1v) is 7.40. The van der Waals surface area contributed by atoms with Gasteiger partial charge in [-0.3, -0.25) is 4.79 Å². The molecule has 104 valence electrons. The van der Waals surface area contributed by atoms with Crippen LogP contribution < -0.4 is 0 Å². The summed E-state index contributed by atoms with van der Waals surface area (Å²) < 4.78 is 1.01. The predicted molar refractivity (Wildman–Crippen MR) is 86.1 cm³/mol. The fraction of sp³-hybridized carbons (Fsp3) is 0.188. The van der Waals surface area contributed by atoms with Crippen LogP contribution in [0.25, 0.3) is 0 Å². The van der Waals surface area contributed by atoms with Crippen LogP contribution in [0.1, 0.15) is 21.5 Å². The van der Waals surface area contributed by atoms with Gasteiger partial charge in [-0.25, -0.2) is 0 Å². The van der Waals surface area contributed by atoms with Gasteiger partial charge in [-0.05, 0) is 48.4 Å². The van der Waals surface area contributed by atoms with Gasteiger partial charge in [0, 0.05) is 28.7 Å². The lowest BCUT2D eigenvalue weighted by Crippen LogP contribution is -2.26. The molecule has 0 saturated heterocycles. The second-order valence-electron chi connectivity index (χ2n) is 4.75. The third-order valence-corrected chi connectivity index (χ3v) is 3.80. The summed E-state index contributed by atoms with van der Waals surface area (Å²) in [5.74, 6) is -0.000794. The highest BCUT2D eigenvalue weighted by Gasteiger charge is 2.14. The fourth-order valence-electron chi connectivity index (χ4n) is 2.05. The van der Waals surface area contributed by atoms with Crippen LogP contribution in [-0.2, 0) is 6.54 Å². The van der Waals surface area contributed by atoms with Gasteiger partial charge in [0.2, 0.25) is 0 Å². The normalized spacial score (nSPS) is 10.4. The van der Waals surface area contributed by atoms with E-state index in [2.05, 4.69) is 15.9 Å². The molecule has 0 heterocycles. The quantitative estimate of drug-likeness (QED) is 0.785. The van der Waals surface area contributed by atoms with E-state index < -0.39 is 0 Å². The molecular formula is C16H15BrClNO. The molecule has 2 nitrogen and oxygen atoms in total. The van der Waals surface area contributed by atoms with E-state index >= 15 is 0 Å². The highest BCUT2D eigenvalue weighted by Crippen LogP contribution is 2.18. The van der Waals surface area contributed by atoms with Crippen LogP contribution in [0.15, 0.2) is 46.9 Å². The standard InChI is InChI=1S/C16H15BrClNO/c1-11-8-14(18)6-7-15(11)16(20)19(2)10-12-4-3-5-13(17)9-12/h3-9H,10H2,1-2H3. The van der Waals surface area contributed by atoms with Gasteiger partial charge in [0.25, 0.3) is 5.91 Å². The Bertz CT molecular complexity index is 642. The lowest BCUT2D eigenvalue weighted by Gasteiger charge is -2.18. The van der Waals surface area contributed by atoms with Crippen LogP contribution in [0.2, 0.25) is 5.02 Å². The van der Waals surface area contributed by atoms with Gasteiger partial charge in [-0.1, -0.05) is 39.7 Å². The second-order valence-corrected chi connectivity index (χ2v) is 6.10. The summed E-state index contributed by atoms with van der Waals surface area (Å²) in [7, 11) is 1.80. The van der Waals surface area contributed by atoms with Gasteiger partial charge in [0.15, 0.2) is 0 Å². The minimum Gasteiger partial charge on any atom is -0.337 e. The fourth-order valence-corrected chi connectivity index (χ4v) is 2.73. The molecule has 0 N–H and O–H groups in total. The second kappa shape index (κ2) is 6.42. The lowest BCUT2D eigenvalue weighted by atomic mass is 10.1. The van der Waals surface area contributed by atoms with Gasteiger partial charge in [0.05, 0.1) is 0 Å². The number of nitrogens with zero attached hydrogens (tertiary/aromatic N) is 1. The maximum atomic E-state index is 12.4. The summed E-state index contributed by atoms with van der Waals surface area (Å²) in [5.41, 5.74) is 2.66. The van der Waals surface area contributed by atoms with E-state index in [-0.39, 0.29) is 5.91 Å². The number of hydrogen-bond acceptors (Lipinski definition) is 1. The monoisotopic (exact) mass is 351 g/mol. The van der Waals surface area contributed by atoms with Crippen molar-refractivity contribution in [2.75, 3.05) is 7.05 Å². The zero-order valence-electron chi connectivity index (χ0n) is 11.4. The zero-order chi connectivity index (χ0) is 14.7. The van der Waals surface area contributed by atoms with Crippen molar-refractivity contribution in [2.24, 2.45) is 0 Å². The Labute approximate surface area is 132 Å². The average Bonchev–Trinajstić information content (AvgIpc) is 2.38. The van der Waals surface area contributed by atoms with Crippen molar-refractivity contribution in [1.82, 2.24) is 4.90 Å². The maximum Gasteiger partial charge on any atom is 0.254 e. The van der Waals surface area contributed by atoms with Crippen LogP contribution >= 0.6 is 27.5 Å².